The van der Waals surface area contributed by atoms with Crippen LogP contribution in [0.5, 0.6) is 0 Å². The number of carbonyl (C=O) groups excluding carboxylic acids is 1. The monoisotopic (exact) mass is 417 g/mol. The molecule has 27 heavy (non-hydrogen) atoms. The van der Waals surface area contributed by atoms with E-state index in [9.17, 15) is 10.1 Å². The van der Waals surface area contributed by atoms with Gasteiger partial charge < -0.3 is 16.2 Å². The number of carbonyl (C=O) groups is 1. The highest BCUT2D eigenvalue weighted by molar-refractivity contribution is 8.00. The van der Waals surface area contributed by atoms with Crippen LogP contribution in [0.3, 0.4) is 0 Å². The maximum Gasteiger partial charge on any atom is 0.205 e. The number of allylic oxidation sites excluding steroid dienone is 3. The van der Waals surface area contributed by atoms with E-state index in [0.717, 1.165) is 21.2 Å². The third-order valence-corrected chi connectivity index (χ3v) is 7.35. The lowest BCUT2D eigenvalue weighted by atomic mass is 9.80. The molecule has 1 aliphatic heterocycles. The summed E-state index contributed by atoms with van der Waals surface area (Å²) in [5, 5.41) is 19.9. The molecular formula is C17H15N5O2S3. The second-order valence-electron chi connectivity index (χ2n) is 6.09. The summed E-state index contributed by atoms with van der Waals surface area (Å²) in [6, 6.07) is 4.16. The molecule has 2 aliphatic rings. The van der Waals surface area contributed by atoms with Crippen molar-refractivity contribution in [3.05, 3.63) is 44.7 Å². The van der Waals surface area contributed by atoms with Gasteiger partial charge in [-0.15, -0.1) is 21.5 Å². The molecule has 0 saturated heterocycles. The molecule has 0 aromatic carbocycles. The molecule has 4 N–H and O–H groups in total. The summed E-state index contributed by atoms with van der Waals surface area (Å²) in [7, 11) is 0. The van der Waals surface area contributed by atoms with Crippen molar-refractivity contribution in [2.24, 2.45) is 5.73 Å². The first-order valence-electron chi connectivity index (χ1n) is 8.19. The fraction of sp³-hybridized carbons (Fsp3) is 0.294. The van der Waals surface area contributed by atoms with Gasteiger partial charge in [0, 0.05) is 29.0 Å². The number of hydrogen-bond donors (Lipinski definition) is 2. The first-order chi connectivity index (χ1) is 13.1. The number of Topliss-reactive ketones (excluding diaryl/α,β-unsaturated/α-hetero) is 1. The molecule has 1 atom stereocenters. The van der Waals surface area contributed by atoms with Gasteiger partial charge in [0.05, 0.1) is 5.92 Å². The highest BCUT2D eigenvalue weighted by Crippen LogP contribution is 2.45. The number of hydrogen-bond acceptors (Lipinski definition) is 10. The Balaban J connectivity index is 1.63. The zero-order valence-corrected chi connectivity index (χ0v) is 16.5. The first kappa shape index (κ1) is 18.0. The summed E-state index contributed by atoms with van der Waals surface area (Å²) < 4.78 is 6.41. The SMILES string of the molecule is N#CC1=C(N)OC2=C(C(=O)CCC2)[C@H]1c1cc(CSc2nnc(N)s2)cs1. The Morgan fingerprint density at radius 3 is 2.96 bits per heavy atom. The second kappa shape index (κ2) is 7.34. The van der Waals surface area contributed by atoms with Gasteiger partial charge in [0.2, 0.25) is 11.0 Å². The topological polar surface area (TPSA) is 128 Å². The molecule has 10 heteroatoms. The molecule has 0 bridgehead atoms. The Labute approximate surface area is 167 Å². The van der Waals surface area contributed by atoms with Crippen LogP contribution in [0.2, 0.25) is 0 Å². The lowest BCUT2D eigenvalue weighted by Gasteiger charge is -2.30. The standard InChI is InChI=1S/C17H15N5O2S3/c18-5-9-13(14-10(23)2-1-3-11(14)24-15(9)19)12-4-8(6-25-12)7-26-17-22-21-16(20)27-17/h4,6,13H,1-3,7,19H2,(H2,20,21)/t13-/m1/s1. The van der Waals surface area contributed by atoms with E-state index in [0.29, 0.717) is 40.6 Å². The molecule has 0 radical (unpaired) electrons. The van der Waals surface area contributed by atoms with Gasteiger partial charge in [-0.25, -0.2) is 0 Å². The number of thioether (sulfide) groups is 1. The number of thiophene rings is 1. The van der Waals surface area contributed by atoms with Crippen molar-refractivity contribution in [3.8, 4) is 6.07 Å². The predicted octanol–water partition coefficient (Wildman–Crippen LogP) is 3.29. The summed E-state index contributed by atoms with van der Waals surface area (Å²) in [6.45, 7) is 0. The van der Waals surface area contributed by atoms with Gasteiger partial charge in [0.15, 0.2) is 10.1 Å². The normalized spacial score (nSPS) is 19.7. The minimum Gasteiger partial charge on any atom is -0.444 e. The van der Waals surface area contributed by atoms with Crippen molar-refractivity contribution in [2.45, 2.75) is 35.3 Å². The fourth-order valence-corrected chi connectivity index (χ4v) is 5.89. The van der Waals surface area contributed by atoms with E-state index < -0.39 is 5.92 Å². The number of nitriles is 1. The van der Waals surface area contributed by atoms with Crippen LogP contribution in [0.1, 0.15) is 35.6 Å². The van der Waals surface area contributed by atoms with E-state index in [1.165, 1.54) is 22.7 Å². The Morgan fingerprint density at radius 2 is 2.22 bits per heavy atom. The van der Waals surface area contributed by atoms with Crippen LogP contribution in [0.25, 0.3) is 0 Å². The third-order valence-electron chi connectivity index (χ3n) is 4.35. The summed E-state index contributed by atoms with van der Waals surface area (Å²) in [5.74, 6) is 1.02. The number of ketones is 1. The van der Waals surface area contributed by atoms with Crippen LogP contribution in [0.15, 0.2) is 38.6 Å². The van der Waals surface area contributed by atoms with Crippen LogP contribution < -0.4 is 11.5 Å². The Morgan fingerprint density at radius 1 is 1.37 bits per heavy atom. The summed E-state index contributed by atoms with van der Waals surface area (Å²) >= 11 is 4.42. The minimum absolute atomic E-state index is 0.0372. The van der Waals surface area contributed by atoms with Gasteiger partial charge in [-0.2, -0.15) is 5.26 Å². The number of nitrogens with two attached hydrogens (primary N) is 2. The molecule has 4 rings (SSSR count). The highest BCUT2D eigenvalue weighted by Gasteiger charge is 2.38. The number of ether oxygens (including phenoxy) is 1. The highest BCUT2D eigenvalue weighted by atomic mass is 32.2. The Hall–Kier alpha value is -2.35. The van der Waals surface area contributed by atoms with Crippen LogP contribution in [-0.4, -0.2) is 16.0 Å². The Kier molecular flexibility index (Phi) is 4.90. The summed E-state index contributed by atoms with van der Waals surface area (Å²) in [6.07, 6.45) is 1.89. The van der Waals surface area contributed by atoms with Crippen LogP contribution in [0.4, 0.5) is 5.13 Å². The smallest absolute Gasteiger partial charge is 0.205 e. The molecule has 7 nitrogen and oxygen atoms in total. The number of nitrogens with zero attached hydrogens (tertiary/aromatic N) is 3. The molecule has 138 valence electrons. The van der Waals surface area contributed by atoms with Gasteiger partial charge in [-0.1, -0.05) is 23.1 Å². The van der Waals surface area contributed by atoms with Gasteiger partial charge in [0.25, 0.3) is 0 Å². The van der Waals surface area contributed by atoms with Gasteiger partial charge >= 0.3 is 0 Å². The maximum atomic E-state index is 12.6. The van der Waals surface area contributed by atoms with Crippen molar-refractivity contribution >= 4 is 45.4 Å². The number of nitrogen functional groups attached to an aromatic ring is 1. The predicted molar refractivity (Wildman–Crippen MR) is 105 cm³/mol. The van der Waals surface area contributed by atoms with E-state index in [2.05, 4.69) is 16.3 Å². The molecule has 2 aromatic rings. The second-order valence-corrected chi connectivity index (χ2v) is 9.26. The zero-order valence-electron chi connectivity index (χ0n) is 14.1. The summed E-state index contributed by atoms with van der Waals surface area (Å²) in [4.78, 5) is 13.5. The average molecular weight is 418 g/mol. The number of anilines is 1. The van der Waals surface area contributed by atoms with Gasteiger partial charge in [-0.05, 0) is 23.4 Å². The molecule has 0 fully saturated rings. The van der Waals surface area contributed by atoms with E-state index in [1.54, 1.807) is 11.8 Å². The van der Waals surface area contributed by atoms with Crippen LogP contribution in [-0.2, 0) is 15.3 Å². The number of rotatable bonds is 4. The first-order valence-corrected chi connectivity index (χ1v) is 10.9. The molecule has 2 aromatic heterocycles. The van der Waals surface area contributed by atoms with Crippen LogP contribution >= 0.6 is 34.4 Å². The molecule has 0 spiro atoms. The van der Waals surface area contributed by atoms with Gasteiger partial charge in [-0.3, -0.25) is 4.79 Å². The van der Waals surface area contributed by atoms with E-state index in [1.807, 2.05) is 11.4 Å². The molecule has 0 amide bonds. The average Bonchev–Trinajstić information content (AvgIpc) is 3.28. The van der Waals surface area contributed by atoms with E-state index >= 15 is 0 Å². The van der Waals surface area contributed by atoms with E-state index in [4.69, 9.17) is 16.2 Å². The third kappa shape index (κ3) is 3.45. The molecule has 1 aliphatic carbocycles. The maximum absolute atomic E-state index is 12.6. The summed E-state index contributed by atoms with van der Waals surface area (Å²) in [5.41, 5.74) is 13.6. The molecular weight excluding hydrogens is 402 g/mol. The van der Waals surface area contributed by atoms with E-state index in [-0.39, 0.29) is 11.7 Å². The van der Waals surface area contributed by atoms with Crippen molar-refractivity contribution in [3.63, 3.8) is 0 Å². The largest absolute Gasteiger partial charge is 0.444 e. The molecule has 0 saturated carbocycles. The number of aromatic nitrogens is 2. The van der Waals surface area contributed by atoms with Gasteiger partial charge in [0.1, 0.15) is 17.4 Å². The van der Waals surface area contributed by atoms with Crippen molar-refractivity contribution in [2.75, 3.05) is 5.73 Å². The van der Waals surface area contributed by atoms with Crippen molar-refractivity contribution in [1.29, 1.82) is 5.26 Å². The fourth-order valence-electron chi connectivity index (χ4n) is 3.19. The Bertz CT molecular complexity index is 1010. The quantitative estimate of drug-likeness (QED) is 0.725. The molecule has 0 unspecified atom stereocenters. The lowest BCUT2D eigenvalue weighted by molar-refractivity contribution is -0.116. The molecule has 3 heterocycles. The van der Waals surface area contributed by atoms with Crippen LogP contribution in [0, 0.1) is 11.3 Å². The minimum atomic E-state index is -0.438. The van der Waals surface area contributed by atoms with Crippen molar-refractivity contribution < 1.29 is 9.53 Å². The lowest BCUT2D eigenvalue weighted by Crippen LogP contribution is -2.27. The van der Waals surface area contributed by atoms with Crippen molar-refractivity contribution in [1.82, 2.24) is 10.2 Å². The zero-order chi connectivity index (χ0) is 19.0.